The van der Waals surface area contributed by atoms with Gasteiger partial charge in [-0.25, -0.2) is 0 Å². The molecule has 0 N–H and O–H groups in total. The van der Waals surface area contributed by atoms with Crippen molar-refractivity contribution >= 4 is 57.2 Å². The number of rotatable bonds is 4. The molecule has 0 saturated heterocycles. The van der Waals surface area contributed by atoms with E-state index in [2.05, 4.69) is 260 Å². The van der Waals surface area contributed by atoms with Crippen molar-refractivity contribution in [3.8, 4) is 22.3 Å². The lowest BCUT2D eigenvalue weighted by Crippen LogP contribution is -2.61. The number of hydrogen-bond donors (Lipinski definition) is 0. The van der Waals surface area contributed by atoms with Crippen molar-refractivity contribution in [2.75, 3.05) is 9.80 Å². The molecular weight excluding hydrogens is 820 g/mol. The highest BCUT2D eigenvalue weighted by Crippen LogP contribution is 2.54. The van der Waals surface area contributed by atoms with Gasteiger partial charge in [-0.05, 0) is 154 Å². The van der Waals surface area contributed by atoms with E-state index in [4.69, 9.17) is 0 Å². The van der Waals surface area contributed by atoms with Crippen LogP contribution in [-0.2, 0) is 32.5 Å². The number of anilines is 6. The minimum absolute atomic E-state index is 0.0112. The Morgan fingerprint density at radius 1 is 0.382 bits per heavy atom. The van der Waals surface area contributed by atoms with Crippen molar-refractivity contribution in [2.45, 2.75) is 150 Å². The lowest BCUT2D eigenvalue weighted by molar-refractivity contribution is 0.403. The molecule has 346 valence electrons. The molecule has 0 unspecified atom stereocenters. The Balaban J connectivity index is 1.34. The van der Waals surface area contributed by atoms with Gasteiger partial charge in [0.1, 0.15) is 0 Å². The number of fused-ring (bicyclic) bond motifs is 5. The largest absolute Gasteiger partial charge is 0.311 e. The van der Waals surface area contributed by atoms with Crippen LogP contribution in [0.4, 0.5) is 34.1 Å². The van der Waals surface area contributed by atoms with Crippen LogP contribution in [0.15, 0.2) is 140 Å². The van der Waals surface area contributed by atoms with Gasteiger partial charge in [0.05, 0.1) is 5.69 Å². The quantitative estimate of drug-likeness (QED) is 0.162. The monoisotopic (exact) mass is 893 g/mol. The highest BCUT2D eigenvalue weighted by molar-refractivity contribution is 7.00. The summed E-state index contributed by atoms with van der Waals surface area (Å²) in [5.74, 6) is 0. The first-order chi connectivity index (χ1) is 31.7. The second-order valence-electron chi connectivity index (χ2n) is 25.9. The molecule has 7 aromatic rings. The molecule has 3 heteroatoms. The summed E-state index contributed by atoms with van der Waals surface area (Å²) in [6.07, 6.45) is 1.11. The van der Waals surface area contributed by atoms with E-state index in [1.54, 1.807) is 0 Å². The third kappa shape index (κ3) is 7.64. The van der Waals surface area contributed by atoms with E-state index < -0.39 is 0 Å². The van der Waals surface area contributed by atoms with E-state index in [-0.39, 0.29) is 39.2 Å². The van der Waals surface area contributed by atoms with E-state index >= 15 is 0 Å². The van der Waals surface area contributed by atoms with Crippen LogP contribution >= 0.6 is 0 Å². The maximum atomic E-state index is 2.70. The summed E-state index contributed by atoms with van der Waals surface area (Å²) in [6, 6.07) is 54.7. The molecule has 0 amide bonds. The fraction of sp³-hybridized carbons (Fsp3) is 0.354. The summed E-state index contributed by atoms with van der Waals surface area (Å²) in [5, 5.41) is 0. The van der Waals surface area contributed by atoms with Crippen LogP contribution < -0.4 is 26.2 Å². The first-order valence-corrected chi connectivity index (χ1v) is 25.3. The highest BCUT2D eigenvalue weighted by Gasteiger charge is 2.49. The zero-order valence-electron chi connectivity index (χ0n) is 44.0. The molecule has 2 aliphatic heterocycles. The zero-order chi connectivity index (χ0) is 48.7. The Bertz CT molecular complexity index is 3120. The lowest BCUT2D eigenvalue weighted by atomic mass is 9.33. The number of hydrogen-bond acceptors (Lipinski definition) is 2. The fourth-order valence-electron chi connectivity index (χ4n) is 11.9. The standard InChI is InChI=1S/C65H73BN2/c1-60(2,3)44-23-20-24-48(33-44)67-55-35-46(62(7,8)9)29-31-52(55)66-53-38-50-51(65(15,16)40-64(50,13)14)39-56(53)68(58-37-47(63(10,11)12)36-57(67)59(58)66)54-32-30-45(61(4,5)6)34-49(54)43-27-25-42(26-28-43)41-21-18-17-19-22-41/h17-39H,40H2,1-16H3. The van der Waals surface area contributed by atoms with Gasteiger partial charge in [-0.1, -0.05) is 202 Å². The van der Waals surface area contributed by atoms with E-state index in [1.807, 2.05) is 0 Å². The van der Waals surface area contributed by atoms with Crippen LogP contribution in [0.3, 0.4) is 0 Å². The Morgan fingerprint density at radius 3 is 1.50 bits per heavy atom. The second kappa shape index (κ2) is 15.4. The molecule has 1 aliphatic carbocycles. The molecule has 10 rings (SSSR count). The smallest absolute Gasteiger partial charge is 0.252 e. The Labute approximate surface area is 409 Å². The van der Waals surface area contributed by atoms with Crippen LogP contribution in [-0.4, -0.2) is 6.71 Å². The van der Waals surface area contributed by atoms with Crippen LogP contribution in [0.25, 0.3) is 22.3 Å². The van der Waals surface area contributed by atoms with Crippen molar-refractivity contribution in [3.05, 3.63) is 173 Å². The van der Waals surface area contributed by atoms with E-state index in [0.29, 0.717) is 0 Å². The average Bonchev–Trinajstić information content (AvgIpc) is 3.45. The van der Waals surface area contributed by atoms with Crippen LogP contribution in [0.1, 0.15) is 151 Å². The minimum atomic E-state index is -0.129. The van der Waals surface area contributed by atoms with Crippen molar-refractivity contribution in [2.24, 2.45) is 0 Å². The summed E-state index contributed by atoms with van der Waals surface area (Å²) in [6.45, 7) is 38.1. The van der Waals surface area contributed by atoms with Gasteiger partial charge >= 0.3 is 0 Å². The Hall–Kier alpha value is -5.80. The summed E-state index contributed by atoms with van der Waals surface area (Å²) < 4.78 is 0. The lowest BCUT2D eigenvalue weighted by Gasteiger charge is -2.46. The maximum absolute atomic E-state index is 2.70. The second-order valence-corrected chi connectivity index (χ2v) is 25.9. The Morgan fingerprint density at radius 2 is 0.882 bits per heavy atom. The SMILES string of the molecule is CC(C)(C)c1cccc(N2c3cc(C(C)(C)C)ccc3B3c4cc5c(cc4N(c4ccc(C(C)(C)C)cc4-c4ccc(-c6ccccc6)cc4)c4cc(C(C)(C)C)cc2c43)C(C)(C)CC5(C)C)c1. The van der Waals surface area contributed by atoms with Crippen molar-refractivity contribution in [1.29, 1.82) is 0 Å². The summed E-state index contributed by atoms with van der Waals surface area (Å²) in [7, 11) is 0. The van der Waals surface area contributed by atoms with Crippen molar-refractivity contribution < 1.29 is 0 Å². The highest BCUT2D eigenvalue weighted by atomic mass is 15.2. The Kier molecular flexibility index (Phi) is 10.4. The molecule has 2 heterocycles. The van der Waals surface area contributed by atoms with Gasteiger partial charge in [-0.2, -0.15) is 0 Å². The maximum Gasteiger partial charge on any atom is 0.252 e. The van der Waals surface area contributed by atoms with Gasteiger partial charge in [0.2, 0.25) is 0 Å². The van der Waals surface area contributed by atoms with Crippen molar-refractivity contribution in [1.82, 2.24) is 0 Å². The molecule has 68 heavy (non-hydrogen) atoms. The molecule has 0 atom stereocenters. The molecule has 2 nitrogen and oxygen atoms in total. The molecule has 0 bridgehead atoms. The number of benzene rings is 7. The average molecular weight is 893 g/mol. The molecule has 0 fully saturated rings. The summed E-state index contributed by atoms with van der Waals surface area (Å²) in [5.41, 5.74) is 24.8. The minimum Gasteiger partial charge on any atom is -0.311 e. The van der Waals surface area contributed by atoms with Gasteiger partial charge in [0, 0.05) is 34.0 Å². The molecule has 0 radical (unpaired) electrons. The first-order valence-electron chi connectivity index (χ1n) is 25.3. The van der Waals surface area contributed by atoms with Crippen LogP contribution in [0.5, 0.6) is 0 Å². The van der Waals surface area contributed by atoms with Gasteiger partial charge in [0.15, 0.2) is 0 Å². The molecule has 0 spiro atoms. The summed E-state index contributed by atoms with van der Waals surface area (Å²) in [4.78, 5) is 5.34. The van der Waals surface area contributed by atoms with Crippen molar-refractivity contribution in [3.63, 3.8) is 0 Å². The zero-order valence-corrected chi connectivity index (χ0v) is 44.0. The van der Waals surface area contributed by atoms with Gasteiger partial charge in [-0.15, -0.1) is 0 Å². The van der Waals surface area contributed by atoms with Crippen LogP contribution in [0.2, 0.25) is 0 Å². The predicted molar refractivity (Wildman–Crippen MR) is 297 cm³/mol. The number of nitrogens with zero attached hydrogens (tertiary/aromatic N) is 2. The molecule has 0 aromatic heterocycles. The summed E-state index contributed by atoms with van der Waals surface area (Å²) >= 11 is 0. The normalized spacial score (nSPS) is 16.0. The van der Waals surface area contributed by atoms with Gasteiger partial charge in [0.25, 0.3) is 6.71 Å². The van der Waals surface area contributed by atoms with E-state index in [1.165, 1.54) is 106 Å². The topological polar surface area (TPSA) is 6.48 Å². The fourth-order valence-corrected chi connectivity index (χ4v) is 11.9. The van der Waals surface area contributed by atoms with Gasteiger partial charge in [-0.3, -0.25) is 0 Å². The van der Waals surface area contributed by atoms with Crippen LogP contribution in [0, 0.1) is 0 Å². The molecule has 7 aromatic carbocycles. The van der Waals surface area contributed by atoms with E-state index in [0.717, 1.165) is 6.42 Å². The predicted octanol–water partition coefficient (Wildman–Crippen LogP) is 16.3. The molecule has 0 saturated carbocycles. The molecule has 3 aliphatic rings. The van der Waals surface area contributed by atoms with E-state index in [9.17, 15) is 0 Å². The first kappa shape index (κ1) is 46.0. The van der Waals surface area contributed by atoms with Gasteiger partial charge < -0.3 is 9.80 Å². The third-order valence-electron chi connectivity index (χ3n) is 15.7. The molecular formula is C65H73BN2. The third-order valence-corrected chi connectivity index (χ3v) is 15.7.